The third kappa shape index (κ3) is 3.66. The van der Waals surface area contributed by atoms with Gasteiger partial charge in [0.05, 0.1) is 17.1 Å². The van der Waals surface area contributed by atoms with Crippen molar-refractivity contribution in [3.8, 4) is 22.1 Å². The van der Waals surface area contributed by atoms with Crippen LogP contribution < -0.4 is 14.8 Å². The van der Waals surface area contributed by atoms with Crippen LogP contribution in [0.3, 0.4) is 0 Å². The number of aromatic nitrogens is 1. The van der Waals surface area contributed by atoms with Crippen molar-refractivity contribution in [1.29, 1.82) is 0 Å². The van der Waals surface area contributed by atoms with E-state index in [4.69, 9.17) is 21.1 Å². The number of thiazole rings is 1. The number of rotatable bonds is 5. The molecule has 1 amide bonds. The minimum absolute atomic E-state index is 0.0846. The van der Waals surface area contributed by atoms with Crippen LogP contribution in [0.1, 0.15) is 11.3 Å². The van der Waals surface area contributed by atoms with Gasteiger partial charge >= 0.3 is 0 Å². The summed E-state index contributed by atoms with van der Waals surface area (Å²) in [4.78, 5) is 16.7. The second-order valence-corrected chi connectivity index (χ2v) is 7.03. The summed E-state index contributed by atoms with van der Waals surface area (Å²) >= 11 is 7.68. The van der Waals surface area contributed by atoms with Crippen LogP contribution in [0.4, 0.5) is 0 Å². The van der Waals surface area contributed by atoms with E-state index >= 15 is 0 Å². The van der Waals surface area contributed by atoms with Crippen molar-refractivity contribution in [1.82, 2.24) is 10.3 Å². The molecule has 0 bridgehead atoms. The predicted molar refractivity (Wildman–Crippen MR) is 101 cm³/mol. The molecule has 132 valence electrons. The van der Waals surface area contributed by atoms with Gasteiger partial charge in [0.2, 0.25) is 12.7 Å². The molecule has 7 heteroatoms. The zero-order valence-electron chi connectivity index (χ0n) is 13.7. The Bertz CT molecular complexity index is 957. The molecule has 0 saturated carbocycles. The highest BCUT2D eigenvalue weighted by molar-refractivity contribution is 7.13. The molecule has 0 radical (unpaired) electrons. The summed E-state index contributed by atoms with van der Waals surface area (Å²) in [6.07, 6.45) is 0.228. The van der Waals surface area contributed by atoms with Gasteiger partial charge < -0.3 is 14.8 Å². The summed E-state index contributed by atoms with van der Waals surface area (Å²) in [5.41, 5.74) is 2.57. The number of hydrogen-bond acceptors (Lipinski definition) is 5. The molecule has 0 spiro atoms. The third-order valence-electron chi connectivity index (χ3n) is 3.92. The normalized spacial score (nSPS) is 12.2. The number of nitrogens with one attached hydrogen (secondary N) is 1. The topological polar surface area (TPSA) is 60.5 Å². The summed E-state index contributed by atoms with van der Waals surface area (Å²) in [7, 11) is 0. The summed E-state index contributed by atoms with van der Waals surface area (Å²) in [6, 6.07) is 13.2. The molecule has 3 aromatic rings. The van der Waals surface area contributed by atoms with E-state index in [0.29, 0.717) is 17.3 Å². The fraction of sp³-hybridized carbons (Fsp3) is 0.158. The number of hydrogen-bond donors (Lipinski definition) is 1. The maximum Gasteiger partial charge on any atom is 0.231 e. The van der Waals surface area contributed by atoms with Gasteiger partial charge in [-0.3, -0.25) is 4.79 Å². The molecular formula is C19H15ClN2O3S. The summed E-state index contributed by atoms with van der Waals surface area (Å²) < 4.78 is 10.6. The zero-order valence-corrected chi connectivity index (χ0v) is 15.3. The molecule has 0 unspecified atom stereocenters. The Morgan fingerprint density at radius 1 is 1.19 bits per heavy atom. The zero-order chi connectivity index (χ0) is 17.9. The number of amides is 1. The number of halogens is 1. The number of carbonyl (C=O) groups is 1. The van der Waals surface area contributed by atoms with E-state index in [-0.39, 0.29) is 19.1 Å². The number of ether oxygens (including phenoxy) is 2. The molecule has 26 heavy (non-hydrogen) atoms. The molecule has 2 heterocycles. The Labute approximate surface area is 159 Å². The summed E-state index contributed by atoms with van der Waals surface area (Å²) in [5, 5.41) is 6.26. The van der Waals surface area contributed by atoms with Crippen LogP contribution >= 0.6 is 22.9 Å². The van der Waals surface area contributed by atoms with E-state index in [1.807, 2.05) is 47.8 Å². The largest absolute Gasteiger partial charge is 0.454 e. The Kier molecular flexibility index (Phi) is 4.77. The number of nitrogens with zero attached hydrogens (tertiary/aromatic N) is 1. The highest BCUT2D eigenvalue weighted by Gasteiger charge is 2.14. The number of benzene rings is 2. The first-order chi connectivity index (χ1) is 12.7. The van der Waals surface area contributed by atoms with E-state index in [0.717, 1.165) is 27.6 Å². The van der Waals surface area contributed by atoms with Gasteiger partial charge in [-0.1, -0.05) is 35.9 Å². The molecular weight excluding hydrogens is 372 g/mol. The van der Waals surface area contributed by atoms with Gasteiger partial charge in [-0.15, -0.1) is 11.3 Å². The van der Waals surface area contributed by atoms with Gasteiger partial charge in [0.15, 0.2) is 11.5 Å². The standard InChI is InChI=1S/C19H15ClN2O3S/c20-15-4-2-1-3-14(15)19-22-13(10-26-19)8-18(23)21-9-12-5-6-16-17(7-12)25-11-24-16/h1-7,10H,8-9,11H2,(H,21,23). The molecule has 2 aromatic carbocycles. The van der Waals surface area contributed by atoms with E-state index < -0.39 is 0 Å². The molecule has 1 aliphatic rings. The monoisotopic (exact) mass is 386 g/mol. The van der Waals surface area contributed by atoms with Crippen molar-refractivity contribution in [3.63, 3.8) is 0 Å². The lowest BCUT2D eigenvalue weighted by atomic mass is 10.2. The minimum atomic E-state index is -0.0846. The maximum atomic E-state index is 12.2. The maximum absolute atomic E-state index is 12.2. The van der Waals surface area contributed by atoms with Gasteiger partial charge in [0, 0.05) is 17.5 Å². The van der Waals surface area contributed by atoms with Crippen LogP contribution in [-0.4, -0.2) is 17.7 Å². The Morgan fingerprint density at radius 3 is 2.92 bits per heavy atom. The van der Waals surface area contributed by atoms with Crippen LogP contribution in [0.25, 0.3) is 10.6 Å². The molecule has 0 fully saturated rings. The first kappa shape index (κ1) is 16.9. The van der Waals surface area contributed by atoms with Crippen LogP contribution in [0.2, 0.25) is 5.02 Å². The van der Waals surface area contributed by atoms with Crippen molar-refractivity contribution in [2.45, 2.75) is 13.0 Å². The smallest absolute Gasteiger partial charge is 0.231 e. The summed E-state index contributed by atoms with van der Waals surface area (Å²) in [6.45, 7) is 0.666. The van der Waals surface area contributed by atoms with Gasteiger partial charge in [-0.2, -0.15) is 0 Å². The van der Waals surface area contributed by atoms with Gasteiger partial charge in [0.1, 0.15) is 5.01 Å². The van der Waals surface area contributed by atoms with E-state index in [9.17, 15) is 4.79 Å². The first-order valence-electron chi connectivity index (χ1n) is 8.03. The van der Waals surface area contributed by atoms with Crippen molar-refractivity contribution in [2.75, 3.05) is 6.79 Å². The molecule has 4 rings (SSSR count). The fourth-order valence-electron chi connectivity index (χ4n) is 2.63. The van der Waals surface area contributed by atoms with Crippen LogP contribution in [0.5, 0.6) is 11.5 Å². The van der Waals surface area contributed by atoms with Crippen molar-refractivity contribution in [2.24, 2.45) is 0 Å². The fourth-order valence-corrected chi connectivity index (χ4v) is 3.76. The van der Waals surface area contributed by atoms with E-state index in [2.05, 4.69) is 10.3 Å². The Balaban J connectivity index is 1.36. The van der Waals surface area contributed by atoms with Crippen LogP contribution in [-0.2, 0) is 17.8 Å². The van der Waals surface area contributed by atoms with E-state index in [1.54, 1.807) is 0 Å². The second-order valence-electron chi connectivity index (χ2n) is 5.76. The highest BCUT2D eigenvalue weighted by Crippen LogP contribution is 2.32. The molecule has 1 aromatic heterocycles. The minimum Gasteiger partial charge on any atom is -0.454 e. The Hall–Kier alpha value is -2.57. The average Bonchev–Trinajstić information content (AvgIpc) is 3.29. The molecule has 0 saturated heterocycles. The highest BCUT2D eigenvalue weighted by atomic mass is 35.5. The molecule has 1 N–H and O–H groups in total. The lowest BCUT2D eigenvalue weighted by Gasteiger charge is -2.05. The van der Waals surface area contributed by atoms with Crippen molar-refractivity contribution in [3.05, 3.63) is 64.1 Å². The van der Waals surface area contributed by atoms with Gasteiger partial charge in [-0.25, -0.2) is 4.98 Å². The van der Waals surface area contributed by atoms with Crippen molar-refractivity contribution < 1.29 is 14.3 Å². The quantitative estimate of drug-likeness (QED) is 0.718. The van der Waals surface area contributed by atoms with Crippen molar-refractivity contribution >= 4 is 28.8 Å². The second kappa shape index (κ2) is 7.35. The first-order valence-corrected chi connectivity index (χ1v) is 9.29. The molecule has 5 nitrogen and oxygen atoms in total. The third-order valence-corrected chi connectivity index (χ3v) is 5.18. The molecule has 0 aliphatic carbocycles. The SMILES string of the molecule is O=C(Cc1csc(-c2ccccc2Cl)n1)NCc1ccc2c(c1)OCO2. The average molecular weight is 387 g/mol. The van der Waals surface area contributed by atoms with Gasteiger partial charge in [-0.05, 0) is 23.8 Å². The molecule has 1 aliphatic heterocycles. The van der Waals surface area contributed by atoms with E-state index in [1.165, 1.54) is 11.3 Å². The lowest BCUT2D eigenvalue weighted by molar-refractivity contribution is -0.120. The molecule has 0 atom stereocenters. The predicted octanol–water partition coefficient (Wildman–Crippen LogP) is 4.05. The summed E-state index contributed by atoms with van der Waals surface area (Å²) in [5.74, 6) is 1.36. The van der Waals surface area contributed by atoms with Crippen LogP contribution in [0, 0.1) is 0 Å². The number of fused-ring (bicyclic) bond motifs is 1. The Morgan fingerprint density at radius 2 is 2.04 bits per heavy atom. The lowest BCUT2D eigenvalue weighted by Crippen LogP contribution is -2.24. The van der Waals surface area contributed by atoms with Crippen LogP contribution in [0.15, 0.2) is 47.8 Å². The number of carbonyl (C=O) groups excluding carboxylic acids is 1. The van der Waals surface area contributed by atoms with Gasteiger partial charge in [0.25, 0.3) is 0 Å².